The molecule has 0 spiro atoms. The van der Waals surface area contributed by atoms with Crippen molar-refractivity contribution in [2.24, 2.45) is 11.0 Å². The van der Waals surface area contributed by atoms with Gasteiger partial charge in [0.25, 0.3) is 0 Å². The lowest BCUT2D eigenvalue weighted by atomic mass is 10.0. The van der Waals surface area contributed by atoms with Crippen LogP contribution in [-0.4, -0.2) is 18.4 Å². The molecule has 2 atom stereocenters. The van der Waals surface area contributed by atoms with Crippen molar-refractivity contribution < 1.29 is 14.0 Å². The van der Waals surface area contributed by atoms with Gasteiger partial charge in [-0.25, -0.2) is 4.39 Å². The SMILES string of the molecule is [N-]=[N+]=NC[C@H]1Cc2ccccc2[C@@H]1NC(=O)C(=O)Nc1ccc(Cl)c(F)c1. The highest BCUT2D eigenvalue weighted by Gasteiger charge is 2.34. The van der Waals surface area contributed by atoms with Gasteiger partial charge in [0.1, 0.15) is 5.82 Å². The molecule has 9 heteroatoms. The number of carbonyl (C=O) groups excluding carboxylic acids is 2. The van der Waals surface area contributed by atoms with E-state index in [9.17, 15) is 14.0 Å². The van der Waals surface area contributed by atoms with Crippen molar-refractivity contribution in [3.8, 4) is 0 Å². The molecular weight excluding hydrogens is 373 g/mol. The molecule has 27 heavy (non-hydrogen) atoms. The van der Waals surface area contributed by atoms with E-state index >= 15 is 0 Å². The summed E-state index contributed by atoms with van der Waals surface area (Å²) in [5.41, 5.74) is 10.6. The van der Waals surface area contributed by atoms with Crippen molar-refractivity contribution >= 4 is 29.1 Å². The number of azide groups is 1. The summed E-state index contributed by atoms with van der Waals surface area (Å²) < 4.78 is 13.5. The summed E-state index contributed by atoms with van der Waals surface area (Å²) in [5.74, 6) is -2.64. The Labute approximate surface area is 159 Å². The molecule has 0 aliphatic heterocycles. The van der Waals surface area contributed by atoms with Gasteiger partial charge in [0.05, 0.1) is 11.1 Å². The van der Waals surface area contributed by atoms with Crippen molar-refractivity contribution in [3.05, 3.63) is 74.9 Å². The lowest BCUT2D eigenvalue weighted by Crippen LogP contribution is -2.39. The summed E-state index contributed by atoms with van der Waals surface area (Å²) in [4.78, 5) is 27.3. The van der Waals surface area contributed by atoms with Gasteiger partial charge in [-0.3, -0.25) is 9.59 Å². The third-order valence-electron chi connectivity index (χ3n) is 4.39. The monoisotopic (exact) mass is 387 g/mol. The van der Waals surface area contributed by atoms with E-state index in [0.29, 0.717) is 6.42 Å². The molecule has 0 saturated carbocycles. The van der Waals surface area contributed by atoms with Gasteiger partial charge < -0.3 is 10.6 Å². The maximum Gasteiger partial charge on any atom is 0.313 e. The minimum absolute atomic E-state index is 0.0825. The second kappa shape index (κ2) is 8.07. The summed E-state index contributed by atoms with van der Waals surface area (Å²) in [7, 11) is 0. The number of hydrogen-bond acceptors (Lipinski definition) is 3. The molecular formula is C18H15ClFN5O2. The number of amides is 2. The fourth-order valence-corrected chi connectivity index (χ4v) is 3.27. The van der Waals surface area contributed by atoms with Crippen LogP contribution in [0.4, 0.5) is 10.1 Å². The molecule has 1 aliphatic carbocycles. The first-order valence-corrected chi connectivity index (χ1v) is 8.53. The van der Waals surface area contributed by atoms with Crippen LogP contribution in [0.15, 0.2) is 47.6 Å². The largest absolute Gasteiger partial charge is 0.341 e. The van der Waals surface area contributed by atoms with E-state index in [1.807, 2.05) is 24.3 Å². The topological polar surface area (TPSA) is 107 Å². The van der Waals surface area contributed by atoms with Crippen LogP contribution in [0.3, 0.4) is 0 Å². The van der Waals surface area contributed by atoms with E-state index in [-0.39, 0.29) is 23.2 Å². The number of halogens is 2. The molecule has 2 amide bonds. The third-order valence-corrected chi connectivity index (χ3v) is 4.70. The van der Waals surface area contributed by atoms with Crippen molar-refractivity contribution in [3.63, 3.8) is 0 Å². The van der Waals surface area contributed by atoms with Crippen LogP contribution in [0.1, 0.15) is 17.2 Å². The molecule has 0 heterocycles. The van der Waals surface area contributed by atoms with E-state index < -0.39 is 23.7 Å². The lowest BCUT2D eigenvalue weighted by Gasteiger charge is -2.20. The van der Waals surface area contributed by atoms with Crippen molar-refractivity contribution in [2.45, 2.75) is 12.5 Å². The Balaban J connectivity index is 1.73. The quantitative estimate of drug-likeness (QED) is 0.360. The second-order valence-corrected chi connectivity index (χ2v) is 6.52. The number of anilines is 1. The highest BCUT2D eigenvalue weighted by molar-refractivity contribution is 6.39. The predicted molar refractivity (Wildman–Crippen MR) is 98.6 cm³/mol. The van der Waals surface area contributed by atoms with Crippen LogP contribution in [-0.2, 0) is 16.0 Å². The van der Waals surface area contributed by atoms with E-state index in [0.717, 1.165) is 17.2 Å². The number of rotatable bonds is 4. The van der Waals surface area contributed by atoms with Crippen molar-refractivity contribution in [1.82, 2.24) is 5.32 Å². The van der Waals surface area contributed by atoms with Crippen LogP contribution >= 0.6 is 11.6 Å². The van der Waals surface area contributed by atoms with Gasteiger partial charge in [-0.2, -0.15) is 0 Å². The average molecular weight is 388 g/mol. The van der Waals surface area contributed by atoms with Gasteiger partial charge in [-0.05, 0) is 47.2 Å². The fraction of sp³-hybridized carbons (Fsp3) is 0.222. The third kappa shape index (κ3) is 4.19. The first-order chi connectivity index (χ1) is 13.0. The van der Waals surface area contributed by atoms with Gasteiger partial charge in [0.2, 0.25) is 0 Å². The zero-order chi connectivity index (χ0) is 19.4. The number of benzene rings is 2. The Bertz CT molecular complexity index is 945. The van der Waals surface area contributed by atoms with Gasteiger partial charge in [-0.1, -0.05) is 41.0 Å². The Kier molecular flexibility index (Phi) is 5.59. The average Bonchev–Trinajstić information content (AvgIpc) is 3.00. The van der Waals surface area contributed by atoms with Gasteiger partial charge in [-0.15, -0.1) is 0 Å². The molecule has 0 radical (unpaired) electrons. The lowest BCUT2D eigenvalue weighted by molar-refractivity contribution is -0.136. The molecule has 0 aromatic heterocycles. The summed E-state index contributed by atoms with van der Waals surface area (Å²) in [6.45, 7) is 0.195. The molecule has 2 aromatic rings. The predicted octanol–water partition coefficient (Wildman–Crippen LogP) is 3.76. The fourth-order valence-electron chi connectivity index (χ4n) is 3.15. The Morgan fingerprint density at radius 1 is 1.26 bits per heavy atom. The molecule has 3 rings (SSSR count). The van der Waals surface area contributed by atoms with Crippen LogP contribution in [0.2, 0.25) is 5.02 Å². The number of nitrogens with zero attached hydrogens (tertiary/aromatic N) is 3. The normalized spacial score (nSPS) is 17.6. The first kappa shape index (κ1) is 18.7. The van der Waals surface area contributed by atoms with Crippen molar-refractivity contribution in [1.29, 1.82) is 0 Å². The van der Waals surface area contributed by atoms with Crippen LogP contribution < -0.4 is 10.6 Å². The van der Waals surface area contributed by atoms with Gasteiger partial charge >= 0.3 is 11.8 Å². The minimum Gasteiger partial charge on any atom is -0.341 e. The molecule has 0 bridgehead atoms. The molecule has 7 nitrogen and oxygen atoms in total. The smallest absolute Gasteiger partial charge is 0.313 e. The zero-order valence-electron chi connectivity index (χ0n) is 14.0. The van der Waals surface area contributed by atoms with E-state index in [4.69, 9.17) is 17.1 Å². The maximum atomic E-state index is 13.5. The Morgan fingerprint density at radius 3 is 2.78 bits per heavy atom. The molecule has 0 fully saturated rings. The first-order valence-electron chi connectivity index (χ1n) is 8.15. The number of fused-ring (bicyclic) bond motifs is 1. The van der Waals surface area contributed by atoms with E-state index in [1.54, 1.807) is 0 Å². The van der Waals surface area contributed by atoms with Crippen LogP contribution in [0.5, 0.6) is 0 Å². The zero-order valence-corrected chi connectivity index (χ0v) is 14.8. The van der Waals surface area contributed by atoms with Crippen LogP contribution in [0.25, 0.3) is 10.4 Å². The summed E-state index contributed by atoms with van der Waals surface area (Å²) >= 11 is 5.60. The highest BCUT2D eigenvalue weighted by atomic mass is 35.5. The Morgan fingerprint density at radius 2 is 2.04 bits per heavy atom. The second-order valence-electron chi connectivity index (χ2n) is 6.11. The summed E-state index contributed by atoms with van der Waals surface area (Å²) in [5, 5.41) is 8.54. The number of carbonyl (C=O) groups is 2. The molecule has 0 unspecified atom stereocenters. The molecule has 0 saturated heterocycles. The van der Waals surface area contributed by atoms with Gasteiger partial charge in [0, 0.05) is 17.1 Å². The summed E-state index contributed by atoms with van der Waals surface area (Å²) in [6, 6.07) is 10.8. The minimum atomic E-state index is -0.927. The Hall–Kier alpha value is -3.09. The van der Waals surface area contributed by atoms with Crippen molar-refractivity contribution in [2.75, 3.05) is 11.9 Å². The molecule has 2 aromatic carbocycles. The van der Waals surface area contributed by atoms with E-state index in [2.05, 4.69) is 20.7 Å². The maximum absolute atomic E-state index is 13.5. The van der Waals surface area contributed by atoms with Crippen LogP contribution in [0, 0.1) is 11.7 Å². The molecule has 2 N–H and O–H groups in total. The molecule has 138 valence electrons. The van der Waals surface area contributed by atoms with E-state index in [1.165, 1.54) is 12.1 Å². The standard InChI is InChI=1S/C18H15ClFN5O2/c19-14-6-5-12(8-15(14)20)23-17(26)18(27)24-16-11(9-22-25-21)7-10-3-1-2-4-13(10)16/h1-6,8,11,16H,7,9H2,(H,23,26)(H,24,27)/t11-,16-/m1/s1. The number of hydrogen-bond donors (Lipinski definition) is 2. The van der Waals surface area contributed by atoms with Gasteiger partial charge in [0.15, 0.2) is 0 Å². The number of nitrogens with one attached hydrogen (secondary N) is 2. The highest BCUT2D eigenvalue weighted by Crippen LogP contribution is 2.36. The molecule has 1 aliphatic rings. The summed E-state index contributed by atoms with van der Waals surface area (Å²) in [6.07, 6.45) is 0.629.